The van der Waals surface area contributed by atoms with Crippen LogP contribution in [-0.2, 0) is 0 Å². The van der Waals surface area contributed by atoms with Crippen LogP contribution in [0.25, 0.3) is 0 Å². The van der Waals surface area contributed by atoms with Crippen LogP contribution in [0.15, 0.2) is 35.0 Å². The SMILES string of the molecule is Cc1cc(Nc2nncc(Nc3cccc(Cl)c3C)n2)no1. The lowest BCUT2D eigenvalue weighted by Crippen LogP contribution is -2.03. The van der Waals surface area contributed by atoms with E-state index < -0.39 is 0 Å². The molecule has 0 aliphatic rings. The van der Waals surface area contributed by atoms with E-state index in [4.69, 9.17) is 16.1 Å². The summed E-state index contributed by atoms with van der Waals surface area (Å²) < 4.78 is 4.97. The van der Waals surface area contributed by atoms with Crippen LogP contribution in [0.4, 0.5) is 23.3 Å². The molecule has 0 aliphatic heterocycles. The van der Waals surface area contributed by atoms with Crippen molar-refractivity contribution in [2.45, 2.75) is 13.8 Å². The number of nitrogens with zero attached hydrogens (tertiary/aromatic N) is 4. The Kier molecular flexibility index (Phi) is 3.88. The van der Waals surface area contributed by atoms with Crippen LogP contribution >= 0.6 is 11.6 Å². The van der Waals surface area contributed by atoms with Crippen LogP contribution in [0.1, 0.15) is 11.3 Å². The summed E-state index contributed by atoms with van der Waals surface area (Å²) in [5.41, 5.74) is 1.79. The smallest absolute Gasteiger partial charge is 0.250 e. The fourth-order valence-corrected chi connectivity index (χ4v) is 2.01. The Bertz CT molecular complexity index is 804. The van der Waals surface area contributed by atoms with Gasteiger partial charge in [-0.1, -0.05) is 22.8 Å². The second-order valence-electron chi connectivity index (χ2n) is 4.65. The second kappa shape index (κ2) is 5.98. The zero-order chi connectivity index (χ0) is 15.5. The molecule has 0 bridgehead atoms. The normalized spacial score (nSPS) is 10.5. The number of nitrogens with one attached hydrogen (secondary N) is 2. The van der Waals surface area contributed by atoms with Crippen molar-refractivity contribution in [2.75, 3.05) is 10.6 Å². The van der Waals surface area contributed by atoms with Gasteiger partial charge in [-0.05, 0) is 31.5 Å². The molecule has 0 fully saturated rings. The first kappa shape index (κ1) is 14.3. The van der Waals surface area contributed by atoms with Gasteiger partial charge in [-0.2, -0.15) is 10.1 Å². The molecule has 0 unspecified atom stereocenters. The van der Waals surface area contributed by atoms with E-state index in [2.05, 4.69) is 31.0 Å². The van der Waals surface area contributed by atoms with Crippen molar-refractivity contribution < 1.29 is 4.52 Å². The summed E-state index contributed by atoms with van der Waals surface area (Å²) >= 11 is 6.10. The van der Waals surface area contributed by atoms with Gasteiger partial charge in [0.2, 0.25) is 5.95 Å². The molecule has 0 saturated carbocycles. The predicted octanol–water partition coefficient (Wildman–Crippen LogP) is 3.62. The van der Waals surface area contributed by atoms with E-state index in [1.165, 1.54) is 6.20 Å². The number of aryl methyl sites for hydroxylation is 1. The minimum absolute atomic E-state index is 0.318. The first-order valence-electron chi connectivity index (χ1n) is 6.54. The van der Waals surface area contributed by atoms with Crippen LogP contribution in [0.5, 0.6) is 0 Å². The highest BCUT2D eigenvalue weighted by molar-refractivity contribution is 6.31. The van der Waals surface area contributed by atoms with Gasteiger partial charge in [0, 0.05) is 16.8 Å². The third-order valence-corrected chi connectivity index (χ3v) is 3.37. The fourth-order valence-electron chi connectivity index (χ4n) is 1.84. The van der Waals surface area contributed by atoms with Crippen molar-refractivity contribution in [1.29, 1.82) is 0 Å². The summed E-state index contributed by atoms with van der Waals surface area (Å²) in [7, 11) is 0. The molecule has 0 spiro atoms. The zero-order valence-corrected chi connectivity index (χ0v) is 12.7. The molecule has 7 nitrogen and oxygen atoms in total. The van der Waals surface area contributed by atoms with E-state index in [9.17, 15) is 0 Å². The molecule has 0 amide bonds. The Balaban J connectivity index is 1.80. The van der Waals surface area contributed by atoms with Crippen molar-refractivity contribution >= 4 is 34.9 Å². The number of hydrogen-bond acceptors (Lipinski definition) is 7. The lowest BCUT2D eigenvalue weighted by Gasteiger charge is -2.10. The van der Waals surface area contributed by atoms with E-state index in [0.29, 0.717) is 28.4 Å². The largest absolute Gasteiger partial charge is 0.360 e. The Labute approximate surface area is 131 Å². The van der Waals surface area contributed by atoms with Gasteiger partial charge < -0.3 is 15.2 Å². The summed E-state index contributed by atoms with van der Waals surface area (Å²) in [5.74, 6) is 2.08. The highest BCUT2D eigenvalue weighted by Crippen LogP contribution is 2.25. The van der Waals surface area contributed by atoms with Gasteiger partial charge >= 0.3 is 0 Å². The standard InChI is InChI=1S/C14H13ClN6O/c1-8-6-12(21-22-8)18-14-19-13(7-16-20-14)17-11-5-3-4-10(15)9(11)2/h3-7H,1-2H3,(H2,17,18,19,20,21). The van der Waals surface area contributed by atoms with Crippen molar-refractivity contribution in [3.05, 3.63) is 46.8 Å². The van der Waals surface area contributed by atoms with Crippen LogP contribution in [0.3, 0.4) is 0 Å². The summed E-state index contributed by atoms with van der Waals surface area (Å²) in [6.07, 6.45) is 1.53. The number of benzene rings is 1. The minimum Gasteiger partial charge on any atom is -0.360 e. The van der Waals surface area contributed by atoms with Gasteiger partial charge in [0.15, 0.2) is 11.6 Å². The lowest BCUT2D eigenvalue weighted by atomic mass is 10.2. The van der Waals surface area contributed by atoms with Crippen molar-refractivity contribution in [1.82, 2.24) is 20.3 Å². The first-order valence-corrected chi connectivity index (χ1v) is 6.92. The Morgan fingerprint density at radius 1 is 1.14 bits per heavy atom. The Morgan fingerprint density at radius 3 is 2.77 bits per heavy atom. The summed E-state index contributed by atoms with van der Waals surface area (Å²) in [6, 6.07) is 7.35. The Hall–Kier alpha value is -2.67. The predicted molar refractivity (Wildman–Crippen MR) is 83.8 cm³/mol. The van der Waals surface area contributed by atoms with Crippen LogP contribution in [0, 0.1) is 13.8 Å². The number of rotatable bonds is 4. The van der Waals surface area contributed by atoms with Crippen LogP contribution < -0.4 is 10.6 Å². The van der Waals surface area contributed by atoms with E-state index in [1.54, 1.807) is 13.0 Å². The van der Waals surface area contributed by atoms with E-state index in [0.717, 1.165) is 11.3 Å². The topological polar surface area (TPSA) is 88.8 Å². The summed E-state index contributed by atoms with van der Waals surface area (Å²) in [4.78, 5) is 4.32. The molecule has 0 radical (unpaired) electrons. The molecule has 0 atom stereocenters. The molecular weight excluding hydrogens is 304 g/mol. The molecule has 2 N–H and O–H groups in total. The van der Waals surface area contributed by atoms with E-state index in [1.807, 2.05) is 25.1 Å². The third kappa shape index (κ3) is 3.15. The van der Waals surface area contributed by atoms with Gasteiger partial charge in [-0.25, -0.2) is 0 Å². The van der Waals surface area contributed by atoms with Gasteiger partial charge in [0.1, 0.15) is 5.76 Å². The lowest BCUT2D eigenvalue weighted by molar-refractivity contribution is 0.400. The molecule has 1 aromatic carbocycles. The minimum atomic E-state index is 0.318. The van der Waals surface area contributed by atoms with Crippen LogP contribution in [0.2, 0.25) is 5.02 Å². The van der Waals surface area contributed by atoms with Gasteiger partial charge in [-0.15, -0.1) is 5.10 Å². The molecule has 3 aromatic rings. The molecule has 112 valence electrons. The number of halogens is 1. The van der Waals surface area contributed by atoms with Gasteiger partial charge in [0.25, 0.3) is 0 Å². The maximum absolute atomic E-state index is 6.10. The van der Waals surface area contributed by atoms with Crippen molar-refractivity contribution in [2.24, 2.45) is 0 Å². The summed E-state index contributed by atoms with van der Waals surface area (Å²) in [6.45, 7) is 3.73. The molecule has 22 heavy (non-hydrogen) atoms. The molecule has 2 heterocycles. The van der Waals surface area contributed by atoms with Gasteiger partial charge in [-0.3, -0.25) is 0 Å². The number of hydrogen-bond donors (Lipinski definition) is 2. The molecule has 2 aromatic heterocycles. The van der Waals surface area contributed by atoms with E-state index in [-0.39, 0.29) is 0 Å². The first-order chi connectivity index (χ1) is 10.6. The van der Waals surface area contributed by atoms with Crippen molar-refractivity contribution in [3.63, 3.8) is 0 Å². The quantitative estimate of drug-likeness (QED) is 0.759. The zero-order valence-electron chi connectivity index (χ0n) is 12.0. The second-order valence-corrected chi connectivity index (χ2v) is 5.06. The molecule has 3 rings (SSSR count). The monoisotopic (exact) mass is 316 g/mol. The number of aromatic nitrogens is 4. The maximum Gasteiger partial charge on any atom is 0.250 e. The molecule has 0 aliphatic carbocycles. The highest BCUT2D eigenvalue weighted by atomic mass is 35.5. The number of anilines is 4. The average molecular weight is 317 g/mol. The summed E-state index contributed by atoms with van der Waals surface area (Å²) in [5, 5.41) is 18.4. The highest BCUT2D eigenvalue weighted by Gasteiger charge is 2.07. The van der Waals surface area contributed by atoms with Crippen LogP contribution in [-0.4, -0.2) is 20.3 Å². The molecular formula is C14H13ClN6O. The molecule has 0 saturated heterocycles. The van der Waals surface area contributed by atoms with Gasteiger partial charge in [0.05, 0.1) is 6.20 Å². The van der Waals surface area contributed by atoms with E-state index >= 15 is 0 Å². The molecule has 8 heteroatoms. The Morgan fingerprint density at radius 2 is 2.00 bits per heavy atom. The third-order valence-electron chi connectivity index (χ3n) is 2.96. The average Bonchev–Trinajstić information content (AvgIpc) is 2.89. The fraction of sp³-hybridized carbons (Fsp3) is 0.143. The van der Waals surface area contributed by atoms with Crippen molar-refractivity contribution in [3.8, 4) is 0 Å². The maximum atomic E-state index is 6.10.